The van der Waals surface area contributed by atoms with Gasteiger partial charge in [-0.15, -0.1) is 0 Å². The maximum absolute atomic E-state index is 14.2. The number of carbonyl (C=O) groups is 4. The van der Waals surface area contributed by atoms with Crippen LogP contribution in [0.4, 0.5) is 11.4 Å². The van der Waals surface area contributed by atoms with Gasteiger partial charge in [-0.25, -0.2) is 9.69 Å². The second-order valence-corrected chi connectivity index (χ2v) is 13.0. The summed E-state index contributed by atoms with van der Waals surface area (Å²) in [4.78, 5) is 68.3. The normalized spacial score (nSPS) is 18.2. The lowest BCUT2D eigenvalue weighted by atomic mass is 9.83. The lowest BCUT2D eigenvalue weighted by Gasteiger charge is -2.31. The molecule has 2 aliphatic rings. The van der Waals surface area contributed by atoms with E-state index in [1.54, 1.807) is 61.5 Å². The molecule has 0 aliphatic carbocycles. The summed E-state index contributed by atoms with van der Waals surface area (Å²) < 4.78 is 22.6. The molecule has 1 saturated heterocycles. The zero-order valence-corrected chi connectivity index (χ0v) is 28.0. The summed E-state index contributed by atoms with van der Waals surface area (Å²) >= 11 is 2.06. The van der Waals surface area contributed by atoms with E-state index < -0.39 is 45.6 Å². The number of aromatic nitrogens is 1. The van der Waals surface area contributed by atoms with Gasteiger partial charge < -0.3 is 24.3 Å². The molecule has 3 aromatic carbocycles. The summed E-state index contributed by atoms with van der Waals surface area (Å²) in [5.74, 6) is -1.83. The van der Waals surface area contributed by atoms with E-state index >= 15 is 0 Å². The topological polar surface area (TPSA) is 142 Å². The van der Waals surface area contributed by atoms with E-state index in [-0.39, 0.29) is 13.2 Å². The molecule has 0 spiro atoms. The van der Waals surface area contributed by atoms with Gasteiger partial charge in [0.2, 0.25) is 17.7 Å². The number of fused-ring (bicyclic) bond motifs is 2. The number of nitrogens with zero attached hydrogens (tertiary/aromatic N) is 2. The van der Waals surface area contributed by atoms with Crippen molar-refractivity contribution in [2.24, 2.45) is 5.92 Å². The Morgan fingerprint density at radius 1 is 0.854 bits per heavy atom. The number of nitrogens with one attached hydrogen (secondary N) is 1. The standard InChI is InChI=1S/C34H31N3O9S2/c1-5-46-33(41)18-6-9-20(10-7-18)35-25(38)17-36-32-29(48-34(36)42)26(19-8-15-23(44-3)24(16-19)45-4)27-28(47-32)31(40)37(30(27)39)21-11-13-22(43-2)14-12-21/h6-16,26-28H,5,17H2,1-4H3,(H,35,38)/t26-,27-,28+/m0/s1. The molecule has 14 heteroatoms. The molecule has 0 saturated carbocycles. The number of methoxy groups -OCH3 is 3. The number of thioether (sulfide) groups is 1. The van der Waals surface area contributed by atoms with Crippen molar-refractivity contribution >= 4 is 58.2 Å². The van der Waals surface area contributed by atoms with Gasteiger partial charge in [-0.3, -0.25) is 23.7 Å². The molecule has 1 N–H and O–H groups in total. The van der Waals surface area contributed by atoms with E-state index in [0.717, 1.165) is 23.1 Å². The minimum Gasteiger partial charge on any atom is -0.497 e. The van der Waals surface area contributed by atoms with E-state index in [4.69, 9.17) is 18.9 Å². The smallest absolute Gasteiger partial charge is 0.338 e. The number of amides is 3. The highest BCUT2D eigenvalue weighted by molar-refractivity contribution is 8.00. The van der Waals surface area contributed by atoms with Crippen LogP contribution in [0.2, 0.25) is 0 Å². The third-order valence-corrected chi connectivity index (χ3v) is 10.7. The van der Waals surface area contributed by atoms with Gasteiger partial charge in [-0.05, 0) is 73.2 Å². The molecule has 0 bridgehead atoms. The van der Waals surface area contributed by atoms with Crippen LogP contribution in [0.1, 0.15) is 33.6 Å². The molecule has 2 aliphatic heterocycles. The van der Waals surface area contributed by atoms with Crippen LogP contribution < -0.4 is 29.3 Å². The third-order valence-electron chi connectivity index (χ3n) is 8.13. The van der Waals surface area contributed by atoms with Crippen molar-refractivity contribution in [1.82, 2.24) is 4.57 Å². The number of hydrogen-bond donors (Lipinski definition) is 1. The Balaban J connectivity index is 1.36. The van der Waals surface area contributed by atoms with Gasteiger partial charge >= 0.3 is 10.8 Å². The molecule has 1 aromatic heterocycles. The largest absolute Gasteiger partial charge is 0.497 e. The highest BCUT2D eigenvalue weighted by atomic mass is 32.2. The molecule has 0 unspecified atom stereocenters. The molecule has 12 nitrogen and oxygen atoms in total. The summed E-state index contributed by atoms with van der Waals surface area (Å²) in [6.45, 7) is 1.62. The van der Waals surface area contributed by atoms with Crippen LogP contribution in [0.5, 0.6) is 17.2 Å². The van der Waals surface area contributed by atoms with Gasteiger partial charge in [-0.1, -0.05) is 29.2 Å². The maximum atomic E-state index is 14.2. The van der Waals surface area contributed by atoms with E-state index in [1.807, 2.05) is 0 Å². The van der Waals surface area contributed by atoms with Crippen molar-refractivity contribution in [3.05, 3.63) is 92.4 Å². The average molecular weight is 690 g/mol. The fourth-order valence-electron chi connectivity index (χ4n) is 5.89. The first kappa shape index (κ1) is 32.8. The highest BCUT2D eigenvalue weighted by Gasteiger charge is 2.57. The Morgan fingerprint density at radius 3 is 2.21 bits per heavy atom. The van der Waals surface area contributed by atoms with E-state index in [1.165, 1.54) is 42.9 Å². The molecular weight excluding hydrogens is 659 g/mol. The number of hydrogen-bond acceptors (Lipinski definition) is 11. The SMILES string of the molecule is CCOC(=O)c1ccc(NC(=O)Cn2c3c(sc2=O)[C@@H](c2ccc(OC)c(OC)c2)[C@@H]2C(=O)N(c4ccc(OC)cc4)C(=O)[C@@H]2S3)cc1. The second kappa shape index (κ2) is 13.6. The molecule has 3 heterocycles. The van der Waals surface area contributed by atoms with E-state index in [0.29, 0.717) is 49.7 Å². The fourth-order valence-corrected chi connectivity index (χ4v) is 8.67. The minimum absolute atomic E-state index is 0.239. The molecule has 6 rings (SSSR count). The Kier molecular flexibility index (Phi) is 9.29. The van der Waals surface area contributed by atoms with Crippen molar-refractivity contribution < 1.29 is 38.1 Å². The number of anilines is 2. The number of carbonyl (C=O) groups excluding carboxylic acids is 4. The van der Waals surface area contributed by atoms with Crippen LogP contribution >= 0.6 is 23.1 Å². The number of imide groups is 1. The Labute approximate surface area is 283 Å². The van der Waals surface area contributed by atoms with Crippen LogP contribution in [0, 0.1) is 5.92 Å². The van der Waals surface area contributed by atoms with Crippen molar-refractivity contribution in [3.8, 4) is 17.2 Å². The van der Waals surface area contributed by atoms with Crippen molar-refractivity contribution in [2.45, 2.75) is 29.7 Å². The average Bonchev–Trinajstić information content (AvgIpc) is 3.54. The Hall–Kier alpha value is -5.08. The van der Waals surface area contributed by atoms with Gasteiger partial charge in [0.15, 0.2) is 11.5 Å². The molecule has 3 amide bonds. The number of benzene rings is 3. The molecule has 248 valence electrons. The summed E-state index contributed by atoms with van der Waals surface area (Å²) in [7, 11) is 4.54. The Morgan fingerprint density at radius 2 is 1.56 bits per heavy atom. The van der Waals surface area contributed by atoms with Gasteiger partial charge in [0.1, 0.15) is 17.5 Å². The van der Waals surface area contributed by atoms with Crippen molar-refractivity contribution in [1.29, 1.82) is 0 Å². The monoisotopic (exact) mass is 689 g/mol. The lowest BCUT2D eigenvalue weighted by Crippen LogP contribution is -2.33. The van der Waals surface area contributed by atoms with Crippen LogP contribution in [0.25, 0.3) is 0 Å². The molecular formula is C34H31N3O9S2. The number of thiazole rings is 1. The van der Waals surface area contributed by atoms with Gasteiger partial charge in [0.25, 0.3) is 0 Å². The number of ether oxygens (including phenoxy) is 4. The summed E-state index contributed by atoms with van der Waals surface area (Å²) in [6.07, 6.45) is 0. The van der Waals surface area contributed by atoms with Gasteiger partial charge in [-0.2, -0.15) is 0 Å². The maximum Gasteiger partial charge on any atom is 0.338 e. The van der Waals surface area contributed by atoms with E-state index in [9.17, 15) is 24.0 Å². The zero-order chi connectivity index (χ0) is 34.1. The summed E-state index contributed by atoms with van der Waals surface area (Å²) in [5.41, 5.74) is 1.82. The predicted octanol–water partition coefficient (Wildman–Crippen LogP) is 4.55. The first-order valence-corrected chi connectivity index (χ1v) is 16.6. The minimum atomic E-state index is -0.871. The first-order valence-electron chi connectivity index (χ1n) is 14.9. The van der Waals surface area contributed by atoms with Crippen LogP contribution in [0.3, 0.4) is 0 Å². The predicted molar refractivity (Wildman–Crippen MR) is 180 cm³/mol. The lowest BCUT2D eigenvalue weighted by molar-refractivity contribution is -0.122. The second-order valence-electron chi connectivity index (χ2n) is 10.8. The van der Waals surface area contributed by atoms with E-state index in [2.05, 4.69) is 5.32 Å². The van der Waals surface area contributed by atoms with Crippen molar-refractivity contribution in [2.75, 3.05) is 38.2 Å². The molecule has 3 atom stereocenters. The van der Waals surface area contributed by atoms with Crippen molar-refractivity contribution in [3.63, 3.8) is 0 Å². The molecule has 4 aromatic rings. The quantitative estimate of drug-likeness (QED) is 0.186. The van der Waals surface area contributed by atoms with Gasteiger partial charge in [0.05, 0.1) is 50.1 Å². The first-order chi connectivity index (χ1) is 23.2. The highest BCUT2D eigenvalue weighted by Crippen LogP contribution is 2.54. The molecule has 0 radical (unpaired) electrons. The number of esters is 1. The third kappa shape index (κ3) is 5.92. The van der Waals surface area contributed by atoms with Crippen LogP contribution in [-0.4, -0.2) is 61.4 Å². The zero-order valence-electron chi connectivity index (χ0n) is 26.4. The molecule has 48 heavy (non-hydrogen) atoms. The number of rotatable bonds is 10. The summed E-state index contributed by atoms with van der Waals surface area (Å²) in [5, 5.41) is 2.33. The summed E-state index contributed by atoms with van der Waals surface area (Å²) in [6, 6.07) is 18.1. The molecule has 1 fully saturated rings. The van der Waals surface area contributed by atoms with Crippen LogP contribution in [0.15, 0.2) is 76.6 Å². The van der Waals surface area contributed by atoms with Gasteiger partial charge in [0, 0.05) is 16.5 Å². The van der Waals surface area contributed by atoms with Crippen LogP contribution in [-0.2, 0) is 25.7 Å². The fraction of sp³-hybridized carbons (Fsp3) is 0.265. The Bertz CT molecular complexity index is 1950.